The first-order valence-electron chi connectivity index (χ1n) is 8.13. The van der Waals surface area contributed by atoms with Crippen LogP contribution in [0.25, 0.3) is 0 Å². The molecule has 0 saturated carbocycles. The van der Waals surface area contributed by atoms with Crippen LogP contribution in [0.2, 0.25) is 0 Å². The van der Waals surface area contributed by atoms with Crippen molar-refractivity contribution in [3.8, 4) is 0 Å². The summed E-state index contributed by atoms with van der Waals surface area (Å²) in [4.78, 5) is 4.58. The van der Waals surface area contributed by atoms with Crippen LogP contribution in [-0.2, 0) is 33.0 Å². The Morgan fingerprint density at radius 3 is 2.62 bits per heavy atom. The second kappa shape index (κ2) is 7.58. The number of rotatable bonds is 6. The van der Waals surface area contributed by atoms with E-state index in [2.05, 4.69) is 34.6 Å². The number of nitrogens with one attached hydrogen (secondary N) is 1. The molecule has 2 heterocycles. The first-order chi connectivity index (χ1) is 11.6. The van der Waals surface area contributed by atoms with Crippen LogP contribution in [0.5, 0.6) is 0 Å². The molecule has 1 aromatic heterocycles. The van der Waals surface area contributed by atoms with Crippen molar-refractivity contribution in [2.75, 3.05) is 14.2 Å². The zero-order valence-electron chi connectivity index (χ0n) is 14.1. The van der Waals surface area contributed by atoms with Gasteiger partial charge in [0.1, 0.15) is 0 Å². The molecule has 0 aliphatic carbocycles. The molecule has 6 heteroatoms. The van der Waals surface area contributed by atoms with E-state index in [0.29, 0.717) is 11.5 Å². The van der Waals surface area contributed by atoms with E-state index >= 15 is 0 Å². The predicted molar refractivity (Wildman–Crippen MR) is 94.6 cm³/mol. The van der Waals surface area contributed by atoms with Gasteiger partial charge in [-0.1, -0.05) is 36.4 Å². The van der Waals surface area contributed by atoms with Crippen LogP contribution >= 0.6 is 7.60 Å². The molecule has 1 unspecified atom stereocenters. The molecule has 128 valence electrons. The van der Waals surface area contributed by atoms with Crippen molar-refractivity contribution in [2.24, 2.45) is 0 Å². The Labute approximate surface area is 142 Å². The molecule has 2 aromatic rings. The van der Waals surface area contributed by atoms with Crippen molar-refractivity contribution in [2.45, 2.75) is 31.8 Å². The van der Waals surface area contributed by atoms with Crippen LogP contribution in [0.3, 0.4) is 0 Å². The van der Waals surface area contributed by atoms with Gasteiger partial charge in [-0.15, -0.1) is 0 Å². The van der Waals surface area contributed by atoms with Crippen LogP contribution in [0, 0.1) is 0 Å². The Morgan fingerprint density at radius 1 is 1.17 bits per heavy atom. The lowest BCUT2D eigenvalue weighted by atomic mass is 9.96. The van der Waals surface area contributed by atoms with E-state index in [1.54, 1.807) is 6.07 Å². The summed E-state index contributed by atoms with van der Waals surface area (Å²) in [6.45, 7) is 0.784. The lowest BCUT2D eigenvalue weighted by Gasteiger charge is -2.26. The summed E-state index contributed by atoms with van der Waals surface area (Å²) in [5.74, 6) is 0. The van der Waals surface area contributed by atoms with Gasteiger partial charge in [-0.3, -0.25) is 4.57 Å². The Hall–Kier alpha value is -1.52. The van der Waals surface area contributed by atoms with Gasteiger partial charge in [0.2, 0.25) is 0 Å². The first-order valence-corrected chi connectivity index (χ1v) is 9.67. The standard InChI is InChI=1S/C18H23N2O3P/c1-22-24(21,23-2)18-11-9-15-13-19-16(12-17(15)20-18)10-8-14-6-4-3-5-7-14/h3-7,9,11,16,19H,8,10,12-13H2,1-2H3. The fourth-order valence-electron chi connectivity index (χ4n) is 3.02. The maximum absolute atomic E-state index is 12.5. The van der Waals surface area contributed by atoms with Crippen molar-refractivity contribution in [3.63, 3.8) is 0 Å². The van der Waals surface area contributed by atoms with Gasteiger partial charge in [0, 0.05) is 38.9 Å². The molecule has 5 nitrogen and oxygen atoms in total. The van der Waals surface area contributed by atoms with E-state index in [9.17, 15) is 4.57 Å². The summed E-state index contributed by atoms with van der Waals surface area (Å²) < 4.78 is 22.6. The topological polar surface area (TPSA) is 60.5 Å². The molecule has 1 aliphatic heterocycles. The fraction of sp³-hybridized carbons (Fsp3) is 0.389. The molecule has 0 saturated heterocycles. The Kier molecular flexibility index (Phi) is 5.47. The molecule has 0 radical (unpaired) electrons. The van der Waals surface area contributed by atoms with Gasteiger partial charge < -0.3 is 14.4 Å². The molecular formula is C18H23N2O3P. The van der Waals surface area contributed by atoms with Crippen LogP contribution < -0.4 is 10.8 Å². The molecule has 1 N–H and O–H groups in total. The number of fused-ring (bicyclic) bond motifs is 1. The molecule has 1 aliphatic rings. The number of benzene rings is 1. The summed E-state index contributed by atoms with van der Waals surface area (Å²) in [7, 11) is -0.525. The van der Waals surface area contributed by atoms with Crippen LogP contribution in [-0.4, -0.2) is 25.2 Å². The predicted octanol–water partition coefficient (Wildman–Crippen LogP) is 2.84. The number of hydrogen-bond donors (Lipinski definition) is 1. The summed E-state index contributed by atoms with van der Waals surface area (Å²) in [6.07, 6.45) is 2.90. The van der Waals surface area contributed by atoms with E-state index < -0.39 is 7.60 Å². The second-order valence-corrected chi connectivity index (χ2v) is 8.13. The average molecular weight is 346 g/mol. The molecular weight excluding hydrogens is 323 g/mol. The van der Waals surface area contributed by atoms with Crippen molar-refractivity contribution in [1.29, 1.82) is 0 Å². The minimum absolute atomic E-state index is 0.366. The average Bonchev–Trinajstić information content (AvgIpc) is 2.66. The van der Waals surface area contributed by atoms with Crippen molar-refractivity contribution >= 4 is 13.0 Å². The third-order valence-corrected chi connectivity index (χ3v) is 6.23. The molecule has 3 rings (SSSR count). The Morgan fingerprint density at radius 2 is 1.92 bits per heavy atom. The minimum atomic E-state index is -3.29. The number of nitrogens with zero attached hydrogens (tertiary/aromatic N) is 1. The fourth-order valence-corrected chi connectivity index (χ4v) is 4.04. The molecule has 0 fully saturated rings. The van der Waals surface area contributed by atoms with E-state index in [1.807, 2.05) is 12.1 Å². The number of aryl methyl sites for hydroxylation is 1. The van der Waals surface area contributed by atoms with Gasteiger partial charge in [0.15, 0.2) is 5.44 Å². The number of aromatic nitrogens is 1. The van der Waals surface area contributed by atoms with E-state index in [4.69, 9.17) is 9.05 Å². The summed E-state index contributed by atoms with van der Waals surface area (Å²) in [5, 5.41) is 3.56. The highest BCUT2D eigenvalue weighted by Gasteiger charge is 2.28. The zero-order chi connectivity index (χ0) is 17.0. The number of pyridine rings is 1. The quantitative estimate of drug-likeness (QED) is 0.815. The smallest absolute Gasteiger partial charge is 0.309 e. The largest absolute Gasteiger partial charge is 0.379 e. The van der Waals surface area contributed by atoms with Gasteiger partial charge in [0.05, 0.1) is 0 Å². The maximum Gasteiger partial charge on any atom is 0.379 e. The molecule has 24 heavy (non-hydrogen) atoms. The van der Waals surface area contributed by atoms with Crippen molar-refractivity contribution in [3.05, 3.63) is 59.3 Å². The summed E-state index contributed by atoms with van der Waals surface area (Å²) in [5.41, 5.74) is 3.86. The third kappa shape index (κ3) is 3.76. The lowest BCUT2D eigenvalue weighted by molar-refractivity contribution is 0.286. The van der Waals surface area contributed by atoms with Gasteiger partial charge in [-0.2, -0.15) is 0 Å². The van der Waals surface area contributed by atoms with Crippen LogP contribution in [0.15, 0.2) is 42.5 Å². The first kappa shape index (κ1) is 17.3. The highest BCUT2D eigenvalue weighted by atomic mass is 31.2. The third-order valence-electron chi connectivity index (χ3n) is 4.46. The van der Waals surface area contributed by atoms with Crippen molar-refractivity contribution < 1.29 is 13.6 Å². The molecule has 0 bridgehead atoms. The Bertz CT molecular complexity index is 728. The van der Waals surface area contributed by atoms with Crippen LogP contribution in [0.1, 0.15) is 23.2 Å². The van der Waals surface area contributed by atoms with Gasteiger partial charge in [-0.05, 0) is 30.0 Å². The molecule has 0 spiro atoms. The minimum Gasteiger partial charge on any atom is -0.309 e. The van der Waals surface area contributed by atoms with Gasteiger partial charge in [-0.25, -0.2) is 4.98 Å². The van der Waals surface area contributed by atoms with Crippen LogP contribution in [0.4, 0.5) is 0 Å². The van der Waals surface area contributed by atoms with Gasteiger partial charge >= 0.3 is 7.60 Å². The highest BCUT2D eigenvalue weighted by molar-refractivity contribution is 7.61. The maximum atomic E-state index is 12.5. The SMILES string of the molecule is COP(=O)(OC)c1ccc2c(n1)CC(CCc1ccccc1)NC2. The van der Waals surface area contributed by atoms with E-state index in [0.717, 1.165) is 37.1 Å². The van der Waals surface area contributed by atoms with E-state index in [1.165, 1.54) is 19.8 Å². The molecule has 1 aromatic carbocycles. The zero-order valence-corrected chi connectivity index (χ0v) is 15.0. The normalized spacial score (nSPS) is 17.5. The Balaban J connectivity index is 1.71. The van der Waals surface area contributed by atoms with Gasteiger partial charge in [0.25, 0.3) is 0 Å². The summed E-state index contributed by atoms with van der Waals surface area (Å²) in [6, 6.07) is 14.5. The molecule has 1 atom stereocenters. The lowest BCUT2D eigenvalue weighted by Crippen LogP contribution is -2.37. The molecule has 0 amide bonds. The van der Waals surface area contributed by atoms with Crippen molar-refractivity contribution in [1.82, 2.24) is 10.3 Å². The summed E-state index contributed by atoms with van der Waals surface area (Å²) >= 11 is 0. The number of hydrogen-bond acceptors (Lipinski definition) is 5. The monoisotopic (exact) mass is 346 g/mol. The highest BCUT2D eigenvalue weighted by Crippen LogP contribution is 2.44. The van der Waals surface area contributed by atoms with E-state index in [-0.39, 0.29) is 0 Å². The second-order valence-electron chi connectivity index (χ2n) is 5.94.